The summed E-state index contributed by atoms with van der Waals surface area (Å²) < 4.78 is 10.5. The van der Waals surface area contributed by atoms with Crippen molar-refractivity contribution in [3.63, 3.8) is 0 Å². The molecule has 0 aromatic heterocycles. The first-order valence-electron chi connectivity index (χ1n) is 9.08. The van der Waals surface area contributed by atoms with E-state index >= 15 is 0 Å². The standard InChI is InChI=1S/C21H25ClN2O3/c1-26-19-8-7-18(13-20(19)27-2)23-21(25)16-9-11-24(12-10-16)14-15-3-5-17(22)6-4-15/h3-8,13,16H,9-12,14H2,1-2H3,(H,23,25). The molecule has 27 heavy (non-hydrogen) atoms. The predicted molar refractivity (Wildman–Crippen MR) is 108 cm³/mol. The number of benzene rings is 2. The van der Waals surface area contributed by atoms with Crippen LogP contribution >= 0.6 is 11.6 Å². The van der Waals surface area contributed by atoms with E-state index in [1.807, 2.05) is 18.2 Å². The summed E-state index contributed by atoms with van der Waals surface area (Å²) in [6, 6.07) is 13.3. The van der Waals surface area contributed by atoms with Gasteiger partial charge in [-0.05, 0) is 55.8 Å². The minimum absolute atomic E-state index is 0.0274. The third-order valence-corrected chi connectivity index (χ3v) is 5.18. The molecule has 2 aromatic carbocycles. The molecule has 0 saturated carbocycles. The molecule has 1 heterocycles. The van der Waals surface area contributed by atoms with E-state index in [0.29, 0.717) is 11.5 Å². The van der Waals surface area contributed by atoms with Gasteiger partial charge in [0.1, 0.15) is 0 Å². The highest BCUT2D eigenvalue weighted by Crippen LogP contribution is 2.30. The molecule has 144 valence electrons. The van der Waals surface area contributed by atoms with Crippen molar-refractivity contribution in [3.05, 3.63) is 53.1 Å². The van der Waals surface area contributed by atoms with Crippen LogP contribution in [0.25, 0.3) is 0 Å². The van der Waals surface area contributed by atoms with Crippen molar-refractivity contribution in [1.82, 2.24) is 4.90 Å². The number of piperidine rings is 1. The van der Waals surface area contributed by atoms with Crippen LogP contribution in [0.1, 0.15) is 18.4 Å². The average Bonchev–Trinajstić information content (AvgIpc) is 2.70. The monoisotopic (exact) mass is 388 g/mol. The number of rotatable bonds is 6. The molecule has 1 amide bonds. The lowest BCUT2D eigenvalue weighted by Gasteiger charge is -2.31. The Morgan fingerprint density at radius 2 is 1.74 bits per heavy atom. The second-order valence-corrected chi connectivity index (χ2v) is 7.17. The van der Waals surface area contributed by atoms with Crippen LogP contribution in [-0.4, -0.2) is 38.1 Å². The molecule has 3 rings (SSSR count). The molecular formula is C21H25ClN2O3. The van der Waals surface area contributed by atoms with Gasteiger partial charge in [-0.2, -0.15) is 0 Å². The predicted octanol–water partition coefficient (Wildman–Crippen LogP) is 4.21. The maximum Gasteiger partial charge on any atom is 0.227 e. The van der Waals surface area contributed by atoms with E-state index in [1.54, 1.807) is 26.4 Å². The fourth-order valence-corrected chi connectivity index (χ4v) is 3.49. The fourth-order valence-electron chi connectivity index (χ4n) is 3.36. The maximum absolute atomic E-state index is 12.6. The number of likely N-dealkylation sites (tertiary alicyclic amines) is 1. The first-order chi connectivity index (χ1) is 13.1. The zero-order valence-corrected chi connectivity index (χ0v) is 16.5. The number of nitrogens with zero attached hydrogens (tertiary/aromatic N) is 1. The second kappa shape index (κ2) is 9.11. The molecule has 0 bridgehead atoms. The number of hydrogen-bond donors (Lipinski definition) is 1. The van der Waals surface area contributed by atoms with Crippen LogP contribution in [0.5, 0.6) is 11.5 Å². The molecule has 1 saturated heterocycles. The number of amides is 1. The van der Waals surface area contributed by atoms with Crippen molar-refractivity contribution in [2.24, 2.45) is 5.92 Å². The van der Waals surface area contributed by atoms with Gasteiger partial charge in [0.15, 0.2) is 11.5 Å². The van der Waals surface area contributed by atoms with Crippen LogP contribution in [-0.2, 0) is 11.3 Å². The van der Waals surface area contributed by atoms with E-state index < -0.39 is 0 Å². The molecule has 0 radical (unpaired) electrons. The second-order valence-electron chi connectivity index (χ2n) is 6.74. The van der Waals surface area contributed by atoms with Crippen molar-refractivity contribution in [2.75, 3.05) is 32.6 Å². The highest BCUT2D eigenvalue weighted by Gasteiger charge is 2.25. The van der Waals surface area contributed by atoms with Gasteiger partial charge in [0, 0.05) is 29.2 Å². The Hall–Kier alpha value is -2.24. The van der Waals surface area contributed by atoms with Gasteiger partial charge >= 0.3 is 0 Å². The Morgan fingerprint density at radius 1 is 1.07 bits per heavy atom. The normalized spacial score (nSPS) is 15.4. The molecule has 0 spiro atoms. The SMILES string of the molecule is COc1ccc(NC(=O)C2CCN(Cc3ccc(Cl)cc3)CC2)cc1OC. The van der Waals surface area contributed by atoms with Gasteiger partial charge in [-0.15, -0.1) is 0 Å². The Labute approximate surface area is 165 Å². The number of nitrogens with one attached hydrogen (secondary N) is 1. The van der Waals surface area contributed by atoms with Gasteiger partial charge in [0.2, 0.25) is 5.91 Å². The first-order valence-corrected chi connectivity index (χ1v) is 9.46. The number of carbonyl (C=O) groups excluding carboxylic acids is 1. The van der Waals surface area contributed by atoms with E-state index in [1.165, 1.54) is 5.56 Å². The Balaban J connectivity index is 1.51. The molecule has 1 fully saturated rings. The van der Waals surface area contributed by atoms with Crippen molar-refractivity contribution < 1.29 is 14.3 Å². The van der Waals surface area contributed by atoms with Crippen LogP contribution in [0.15, 0.2) is 42.5 Å². The molecule has 0 aliphatic carbocycles. The summed E-state index contributed by atoms with van der Waals surface area (Å²) in [6.07, 6.45) is 1.71. The Kier molecular flexibility index (Phi) is 6.58. The van der Waals surface area contributed by atoms with Gasteiger partial charge in [-0.3, -0.25) is 9.69 Å². The third-order valence-electron chi connectivity index (χ3n) is 4.93. The minimum atomic E-state index is 0.0274. The molecule has 6 heteroatoms. The topological polar surface area (TPSA) is 50.8 Å². The van der Waals surface area contributed by atoms with Crippen molar-refractivity contribution in [2.45, 2.75) is 19.4 Å². The van der Waals surface area contributed by atoms with Crippen molar-refractivity contribution in [1.29, 1.82) is 0 Å². The van der Waals surface area contributed by atoms with Gasteiger partial charge in [0.25, 0.3) is 0 Å². The van der Waals surface area contributed by atoms with Crippen LogP contribution in [0, 0.1) is 5.92 Å². The van der Waals surface area contributed by atoms with Gasteiger partial charge in [-0.1, -0.05) is 23.7 Å². The quantitative estimate of drug-likeness (QED) is 0.805. The fraction of sp³-hybridized carbons (Fsp3) is 0.381. The molecule has 2 aromatic rings. The van der Waals surface area contributed by atoms with Crippen LogP contribution in [0.2, 0.25) is 5.02 Å². The lowest BCUT2D eigenvalue weighted by atomic mass is 9.95. The van der Waals surface area contributed by atoms with Crippen molar-refractivity contribution >= 4 is 23.2 Å². The third kappa shape index (κ3) is 5.15. The van der Waals surface area contributed by atoms with Crippen molar-refractivity contribution in [3.8, 4) is 11.5 Å². The lowest BCUT2D eigenvalue weighted by molar-refractivity contribution is -0.121. The summed E-state index contributed by atoms with van der Waals surface area (Å²) in [5.41, 5.74) is 1.97. The number of hydrogen-bond acceptors (Lipinski definition) is 4. The zero-order chi connectivity index (χ0) is 19.2. The smallest absolute Gasteiger partial charge is 0.227 e. The Morgan fingerprint density at radius 3 is 2.37 bits per heavy atom. The largest absolute Gasteiger partial charge is 0.493 e. The average molecular weight is 389 g/mol. The Bertz CT molecular complexity index is 771. The molecular weight excluding hydrogens is 364 g/mol. The number of anilines is 1. The maximum atomic E-state index is 12.6. The molecule has 1 N–H and O–H groups in total. The molecule has 5 nitrogen and oxygen atoms in total. The van der Waals surface area contributed by atoms with Crippen LogP contribution in [0.4, 0.5) is 5.69 Å². The molecule has 1 aliphatic rings. The molecule has 0 atom stereocenters. The minimum Gasteiger partial charge on any atom is -0.493 e. The van der Waals surface area contributed by atoms with Gasteiger partial charge in [0.05, 0.1) is 14.2 Å². The molecule has 0 unspecified atom stereocenters. The van der Waals surface area contributed by atoms with E-state index in [9.17, 15) is 4.79 Å². The molecule has 1 aliphatic heterocycles. The zero-order valence-electron chi connectivity index (χ0n) is 15.7. The summed E-state index contributed by atoms with van der Waals surface area (Å²) in [5, 5.41) is 3.75. The number of halogens is 1. The van der Waals surface area contributed by atoms with E-state index in [2.05, 4.69) is 22.3 Å². The number of ether oxygens (including phenoxy) is 2. The van der Waals surface area contributed by atoms with E-state index in [4.69, 9.17) is 21.1 Å². The summed E-state index contributed by atoms with van der Waals surface area (Å²) in [7, 11) is 3.17. The lowest BCUT2D eigenvalue weighted by Crippen LogP contribution is -2.37. The van der Waals surface area contributed by atoms with Crippen LogP contribution < -0.4 is 14.8 Å². The van der Waals surface area contributed by atoms with Crippen LogP contribution in [0.3, 0.4) is 0 Å². The summed E-state index contributed by atoms with van der Waals surface area (Å²) in [6.45, 7) is 2.71. The highest BCUT2D eigenvalue weighted by atomic mass is 35.5. The summed E-state index contributed by atoms with van der Waals surface area (Å²) in [5.74, 6) is 1.34. The van der Waals surface area contributed by atoms with Gasteiger partial charge < -0.3 is 14.8 Å². The number of carbonyl (C=O) groups is 1. The summed E-state index contributed by atoms with van der Waals surface area (Å²) >= 11 is 5.94. The first kappa shape index (κ1) is 19.5. The highest BCUT2D eigenvalue weighted by molar-refractivity contribution is 6.30. The van der Waals surface area contributed by atoms with E-state index in [-0.39, 0.29) is 11.8 Å². The number of methoxy groups -OCH3 is 2. The van der Waals surface area contributed by atoms with Gasteiger partial charge in [-0.25, -0.2) is 0 Å². The van der Waals surface area contributed by atoms with E-state index in [0.717, 1.165) is 43.2 Å². The summed E-state index contributed by atoms with van der Waals surface area (Å²) in [4.78, 5) is 15.0.